The molecule has 1 amide bonds. The van der Waals surface area contributed by atoms with Gasteiger partial charge in [-0.05, 0) is 58.0 Å². The molecule has 0 radical (unpaired) electrons. The van der Waals surface area contributed by atoms with Gasteiger partial charge in [-0.25, -0.2) is 8.42 Å². The van der Waals surface area contributed by atoms with Crippen molar-refractivity contribution in [3.63, 3.8) is 0 Å². The maximum Gasteiger partial charge on any atom is 0.243 e. The molecule has 1 heterocycles. The number of nitrogens with zero attached hydrogens (tertiary/aromatic N) is 2. The summed E-state index contributed by atoms with van der Waals surface area (Å²) in [5.41, 5.74) is 0.501. The fourth-order valence-corrected chi connectivity index (χ4v) is 4.40. The fraction of sp³-hybridized carbons (Fsp3) is 0.611. The highest BCUT2D eigenvalue weighted by molar-refractivity contribution is 7.92. The summed E-state index contributed by atoms with van der Waals surface area (Å²) >= 11 is 0. The molecule has 0 unspecified atom stereocenters. The van der Waals surface area contributed by atoms with E-state index in [0.29, 0.717) is 12.2 Å². The summed E-state index contributed by atoms with van der Waals surface area (Å²) < 4.78 is 25.5. The lowest BCUT2D eigenvalue weighted by Crippen LogP contribution is -2.48. The van der Waals surface area contributed by atoms with E-state index in [9.17, 15) is 13.2 Å². The van der Waals surface area contributed by atoms with E-state index in [0.717, 1.165) is 32.3 Å². The van der Waals surface area contributed by atoms with Crippen molar-refractivity contribution in [3.8, 4) is 0 Å². The molecule has 0 aromatic heterocycles. The van der Waals surface area contributed by atoms with Gasteiger partial charge in [-0.1, -0.05) is 24.6 Å². The molecule has 2 rings (SSSR count). The predicted molar refractivity (Wildman–Crippen MR) is 101 cm³/mol. The van der Waals surface area contributed by atoms with Crippen molar-refractivity contribution in [3.05, 3.63) is 30.3 Å². The topological polar surface area (TPSA) is 69.7 Å². The van der Waals surface area contributed by atoms with Crippen LogP contribution < -0.4 is 9.62 Å². The van der Waals surface area contributed by atoms with E-state index in [1.807, 2.05) is 6.07 Å². The molecule has 6 nitrogen and oxygen atoms in total. The van der Waals surface area contributed by atoms with Gasteiger partial charge in [-0.2, -0.15) is 0 Å². The van der Waals surface area contributed by atoms with Crippen LogP contribution in [0.25, 0.3) is 0 Å². The molecule has 1 aromatic rings. The third-order valence-corrected chi connectivity index (χ3v) is 5.74. The second-order valence-electron chi connectivity index (χ2n) is 6.62. The molecular formula is C18H29N3O3S. The first-order chi connectivity index (χ1) is 11.9. The van der Waals surface area contributed by atoms with Gasteiger partial charge in [0, 0.05) is 6.54 Å². The second kappa shape index (κ2) is 9.20. The molecule has 0 bridgehead atoms. The lowest BCUT2D eigenvalue weighted by Gasteiger charge is -2.28. The summed E-state index contributed by atoms with van der Waals surface area (Å²) in [6.07, 6.45) is 5.82. The molecular weight excluding hydrogens is 338 g/mol. The quantitative estimate of drug-likeness (QED) is 0.712. The van der Waals surface area contributed by atoms with Gasteiger partial charge in [0.25, 0.3) is 0 Å². The molecule has 25 heavy (non-hydrogen) atoms. The van der Waals surface area contributed by atoms with Crippen LogP contribution in [-0.4, -0.2) is 57.7 Å². The zero-order valence-electron chi connectivity index (χ0n) is 15.1. The van der Waals surface area contributed by atoms with Crippen LogP contribution in [0.5, 0.6) is 0 Å². The minimum Gasteiger partial charge on any atom is -0.354 e. The Labute approximate surface area is 151 Å². The molecule has 1 saturated heterocycles. The fourth-order valence-electron chi connectivity index (χ4n) is 3.23. The minimum atomic E-state index is -3.55. The maximum absolute atomic E-state index is 12.4. The Morgan fingerprint density at radius 1 is 1.20 bits per heavy atom. The molecule has 1 aliphatic rings. The number of rotatable bonds is 8. The molecule has 1 aliphatic heterocycles. The van der Waals surface area contributed by atoms with Crippen molar-refractivity contribution < 1.29 is 13.2 Å². The highest BCUT2D eigenvalue weighted by Gasteiger charge is 2.28. The number of hydrogen-bond acceptors (Lipinski definition) is 4. The number of piperidine rings is 1. The van der Waals surface area contributed by atoms with E-state index >= 15 is 0 Å². The van der Waals surface area contributed by atoms with Crippen LogP contribution in [0.3, 0.4) is 0 Å². The van der Waals surface area contributed by atoms with Gasteiger partial charge in [0.15, 0.2) is 0 Å². The van der Waals surface area contributed by atoms with E-state index in [4.69, 9.17) is 0 Å². The average Bonchev–Trinajstić information content (AvgIpc) is 2.59. The first kappa shape index (κ1) is 19.7. The standard InChI is InChI=1S/C18H29N3O3S/c1-16(21(25(2,23)24)17-10-5-3-6-11-17)18(22)19-12-9-15-20-13-7-4-8-14-20/h3,5-6,10-11,16H,4,7-9,12-15H2,1-2H3,(H,19,22)/t16-/m1/s1. The Bertz CT molecular complexity index is 643. The van der Waals surface area contributed by atoms with Gasteiger partial charge in [0.05, 0.1) is 11.9 Å². The molecule has 140 valence electrons. The summed E-state index contributed by atoms with van der Waals surface area (Å²) in [6.45, 7) is 5.43. The number of hydrogen-bond donors (Lipinski definition) is 1. The lowest BCUT2D eigenvalue weighted by molar-refractivity contribution is -0.121. The van der Waals surface area contributed by atoms with Crippen LogP contribution in [0.4, 0.5) is 5.69 Å². The average molecular weight is 368 g/mol. The van der Waals surface area contributed by atoms with Gasteiger partial charge >= 0.3 is 0 Å². The molecule has 1 aromatic carbocycles. The van der Waals surface area contributed by atoms with Crippen molar-refractivity contribution >= 4 is 21.6 Å². The van der Waals surface area contributed by atoms with E-state index in [2.05, 4.69) is 10.2 Å². The third-order valence-electron chi connectivity index (χ3n) is 4.50. The number of nitrogens with one attached hydrogen (secondary N) is 1. The van der Waals surface area contributed by atoms with Crippen molar-refractivity contribution in [1.29, 1.82) is 0 Å². The molecule has 0 saturated carbocycles. The first-order valence-corrected chi connectivity index (χ1v) is 10.8. The SMILES string of the molecule is C[C@H](C(=O)NCCCN1CCCCC1)N(c1ccccc1)S(C)(=O)=O. The number of carbonyl (C=O) groups excluding carboxylic acids is 1. The largest absolute Gasteiger partial charge is 0.354 e. The van der Waals surface area contributed by atoms with Crippen LogP contribution in [0.15, 0.2) is 30.3 Å². The van der Waals surface area contributed by atoms with Crippen molar-refractivity contribution in [2.24, 2.45) is 0 Å². The highest BCUT2D eigenvalue weighted by atomic mass is 32.2. The Balaban J connectivity index is 1.88. The highest BCUT2D eigenvalue weighted by Crippen LogP contribution is 2.20. The third kappa shape index (κ3) is 6.01. The van der Waals surface area contributed by atoms with Crippen LogP contribution in [-0.2, 0) is 14.8 Å². The van der Waals surface area contributed by atoms with Crippen molar-refractivity contribution in [2.75, 3.05) is 36.7 Å². The van der Waals surface area contributed by atoms with Crippen LogP contribution in [0.1, 0.15) is 32.6 Å². The molecule has 0 spiro atoms. The number of benzene rings is 1. The first-order valence-electron chi connectivity index (χ1n) is 8.94. The zero-order chi connectivity index (χ0) is 18.3. The van der Waals surface area contributed by atoms with Gasteiger partial charge < -0.3 is 10.2 Å². The zero-order valence-corrected chi connectivity index (χ0v) is 16.0. The van der Waals surface area contributed by atoms with Crippen molar-refractivity contribution in [1.82, 2.24) is 10.2 Å². The number of amides is 1. The van der Waals surface area contributed by atoms with E-state index < -0.39 is 16.1 Å². The maximum atomic E-state index is 12.4. The summed E-state index contributed by atoms with van der Waals surface area (Å²) in [5, 5.41) is 2.87. The molecule has 7 heteroatoms. The van der Waals surface area contributed by atoms with E-state index in [1.165, 1.54) is 23.6 Å². The molecule has 0 aliphatic carbocycles. The van der Waals surface area contributed by atoms with Crippen LogP contribution in [0.2, 0.25) is 0 Å². The monoisotopic (exact) mass is 367 g/mol. The smallest absolute Gasteiger partial charge is 0.243 e. The van der Waals surface area contributed by atoms with E-state index in [1.54, 1.807) is 31.2 Å². The number of anilines is 1. The minimum absolute atomic E-state index is 0.270. The molecule has 1 fully saturated rings. The Kier molecular flexibility index (Phi) is 7.25. The molecule has 1 atom stereocenters. The lowest BCUT2D eigenvalue weighted by atomic mass is 10.1. The summed E-state index contributed by atoms with van der Waals surface area (Å²) in [6, 6.07) is 7.94. The Hall–Kier alpha value is -1.60. The summed E-state index contributed by atoms with van der Waals surface area (Å²) in [5.74, 6) is -0.270. The number of likely N-dealkylation sites (tertiary alicyclic amines) is 1. The van der Waals surface area contributed by atoms with Crippen LogP contribution in [0, 0.1) is 0 Å². The predicted octanol–water partition coefficient (Wildman–Crippen LogP) is 1.83. The number of carbonyl (C=O) groups is 1. The summed E-state index contributed by atoms with van der Waals surface area (Å²) in [4.78, 5) is 14.8. The molecule has 1 N–H and O–H groups in total. The Morgan fingerprint density at radius 2 is 1.84 bits per heavy atom. The van der Waals surface area contributed by atoms with Crippen molar-refractivity contribution in [2.45, 2.75) is 38.6 Å². The van der Waals surface area contributed by atoms with Gasteiger partial charge in [0.1, 0.15) is 6.04 Å². The summed E-state index contributed by atoms with van der Waals surface area (Å²) in [7, 11) is -3.55. The Morgan fingerprint density at radius 3 is 2.44 bits per heavy atom. The number of para-hydroxylation sites is 1. The van der Waals surface area contributed by atoms with Gasteiger partial charge in [0.2, 0.25) is 15.9 Å². The van der Waals surface area contributed by atoms with E-state index in [-0.39, 0.29) is 5.91 Å². The second-order valence-corrected chi connectivity index (χ2v) is 8.48. The van der Waals surface area contributed by atoms with Crippen LogP contribution >= 0.6 is 0 Å². The number of sulfonamides is 1. The normalized spacial score (nSPS) is 17.0. The van der Waals surface area contributed by atoms with Gasteiger partial charge in [-0.15, -0.1) is 0 Å². The van der Waals surface area contributed by atoms with Gasteiger partial charge in [-0.3, -0.25) is 9.10 Å².